The molecule has 0 N–H and O–H groups in total. The topological polar surface area (TPSA) is 20.3 Å². The van der Waals surface area contributed by atoms with Crippen molar-refractivity contribution in [3.05, 3.63) is 76.3 Å². The van der Waals surface area contributed by atoms with Gasteiger partial charge in [-0.2, -0.15) is 0 Å². The standard InChI is InChI=1S/C18H18BrNO/c1-13(2)18(21)20(12-15-9-5-4-6-10-15)16-11-7-8-14(3)17(16)19/h4-11H,1,12H2,2-3H3. The fraction of sp³-hybridized carbons (Fsp3) is 0.167. The summed E-state index contributed by atoms with van der Waals surface area (Å²) in [5, 5.41) is 0. The quantitative estimate of drug-likeness (QED) is 0.725. The minimum absolute atomic E-state index is 0.0647. The number of benzene rings is 2. The summed E-state index contributed by atoms with van der Waals surface area (Å²) in [6.07, 6.45) is 0. The maximum Gasteiger partial charge on any atom is 0.253 e. The molecule has 108 valence electrons. The lowest BCUT2D eigenvalue weighted by Crippen LogP contribution is -2.31. The normalized spacial score (nSPS) is 10.2. The number of aryl methyl sites for hydroxylation is 1. The van der Waals surface area contributed by atoms with Crippen molar-refractivity contribution in [2.24, 2.45) is 0 Å². The van der Waals surface area contributed by atoms with Gasteiger partial charge >= 0.3 is 0 Å². The summed E-state index contributed by atoms with van der Waals surface area (Å²) < 4.78 is 0.940. The van der Waals surface area contributed by atoms with Gasteiger partial charge in [0.05, 0.1) is 12.2 Å². The van der Waals surface area contributed by atoms with Crippen molar-refractivity contribution < 1.29 is 4.79 Å². The fourth-order valence-electron chi connectivity index (χ4n) is 2.10. The SMILES string of the molecule is C=C(C)C(=O)N(Cc1ccccc1)c1cccc(C)c1Br. The van der Waals surface area contributed by atoms with Gasteiger partial charge in [0.1, 0.15) is 0 Å². The number of hydrogen-bond donors (Lipinski definition) is 0. The maximum atomic E-state index is 12.5. The highest BCUT2D eigenvalue weighted by Gasteiger charge is 2.19. The Morgan fingerprint density at radius 2 is 1.81 bits per heavy atom. The van der Waals surface area contributed by atoms with Crippen molar-refractivity contribution >= 4 is 27.5 Å². The van der Waals surface area contributed by atoms with Crippen molar-refractivity contribution in [1.29, 1.82) is 0 Å². The van der Waals surface area contributed by atoms with Crippen LogP contribution in [0.5, 0.6) is 0 Å². The summed E-state index contributed by atoms with van der Waals surface area (Å²) in [5.74, 6) is -0.0647. The largest absolute Gasteiger partial charge is 0.303 e. The van der Waals surface area contributed by atoms with Crippen molar-refractivity contribution in [3.63, 3.8) is 0 Å². The molecule has 0 fully saturated rings. The Labute approximate surface area is 134 Å². The van der Waals surface area contributed by atoms with Crippen LogP contribution >= 0.6 is 15.9 Å². The molecular weight excluding hydrogens is 326 g/mol. The monoisotopic (exact) mass is 343 g/mol. The van der Waals surface area contributed by atoms with Crippen LogP contribution < -0.4 is 4.90 Å². The molecule has 0 aromatic heterocycles. The molecule has 2 rings (SSSR count). The van der Waals surface area contributed by atoms with Crippen LogP contribution in [0.15, 0.2) is 65.2 Å². The molecule has 0 aliphatic carbocycles. The Morgan fingerprint density at radius 1 is 1.14 bits per heavy atom. The van der Waals surface area contributed by atoms with E-state index in [1.54, 1.807) is 11.8 Å². The van der Waals surface area contributed by atoms with Crippen molar-refractivity contribution in [2.75, 3.05) is 4.90 Å². The van der Waals surface area contributed by atoms with E-state index in [0.717, 1.165) is 21.3 Å². The first kappa shape index (κ1) is 15.5. The van der Waals surface area contributed by atoms with Gasteiger partial charge in [-0.15, -0.1) is 0 Å². The molecule has 0 unspecified atom stereocenters. The third-order valence-electron chi connectivity index (χ3n) is 3.26. The molecule has 0 saturated carbocycles. The van der Waals surface area contributed by atoms with Crippen LogP contribution in [-0.4, -0.2) is 5.91 Å². The zero-order valence-corrected chi connectivity index (χ0v) is 13.9. The second-order valence-corrected chi connectivity index (χ2v) is 5.86. The fourth-order valence-corrected chi connectivity index (χ4v) is 2.58. The molecule has 0 heterocycles. The lowest BCUT2D eigenvalue weighted by atomic mass is 10.1. The van der Waals surface area contributed by atoms with E-state index in [1.165, 1.54) is 0 Å². The summed E-state index contributed by atoms with van der Waals surface area (Å²) in [4.78, 5) is 14.3. The van der Waals surface area contributed by atoms with Crippen LogP contribution in [0.4, 0.5) is 5.69 Å². The van der Waals surface area contributed by atoms with Gasteiger partial charge in [-0.05, 0) is 47.0 Å². The van der Waals surface area contributed by atoms with Crippen LogP contribution in [0.3, 0.4) is 0 Å². The van der Waals surface area contributed by atoms with E-state index in [0.29, 0.717) is 12.1 Å². The van der Waals surface area contributed by atoms with Crippen molar-refractivity contribution in [2.45, 2.75) is 20.4 Å². The van der Waals surface area contributed by atoms with Gasteiger partial charge in [0, 0.05) is 10.0 Å². The zero-order valence-electron chi connectivity index (χ0n) is 12.3. The number of anilines is 1. The maximum absolute atomic E-state index is 12.5. The Hall–Kier alpha value is -1.87. The number of amides is 1. The summed E-state index contributed by atoms with van der Waals surface area (Å²) in [6.45, 7) is 8.06. The Kier molecular flexibility index (Phi) is 4.97. The van der Waals surface area contributed by atoms with Crippen LogP contribution in [0, 0.1) is 6.92 Å². The number of halogens is 1. The third-order valence-corrected chi connectivity index (χ3v) is 4.29. The van der Waals surface area contributed by atoms with Crippen molar-refractivity contribution in [3.8, 4) is 0 Å². The van der Waals surface area contributed by atoms with E-state index in [1.807, 2.05) is 55.5 Å². The van der Waals surface area contributed by atoms with E-state index >= 15 is 0 Å². The van der Waals surface area contributed by atoms with Gasteiger partial charge in [-0.25, -0.2) is 0 Å². The molecule has 0 spiro atoms. The van der Waals surface area contributed by atoms with E-state index in [9.17, 15) is 4.79 Å². The number of nitrogens with zero attached hydrogens (tertiary/aromatic N) is 1. The van der Waals surface area contributed by atoms with Gasteiger partial charge in [-0.1, -0.05) is 49.0 Å². The van der Waals surface area contributed by atoms with E-state index in [4.69, 9.17) is 0 Å². The molecule has 0 atom stereocenters. The first-order valence-electron chi connectivity index (χ1n) is 6.77. The lowest BCUT2D eigenvalue weighted by molar-refractivity contribution is -0.115. The van der Waals surface area contributed by atoms with E-state index < -0.39 is 0 Å². The Bertz CT molecular complexity index is 664. The van der Waals surface area contributed by atoms with E-state index in [2.05, 4.69) is 22.5 Å². The predicted octanol–water partition coefficient (Wildman–Crippen LogP) is 4.87. The molecular formula is C18H18BrNO. The molecule has 0 radical (unpaired) electrons. The molecule has 3 heteroatoms. The van der Waals surface area contributed by atoms with Crippen LogP contribution in [0.1, 0.15) is 18.1 Å². The van der Waals surface area contributed by atoms with Gasteiger partial charge in [0.2, 0.25) is 0 Å². The van der Waals surface area contributed by atoms with Crippen molar-refractivity contribution in [1.82, 2.24) is 0 Å². The number of hydrogen-bond acceptors (Lipinski definition) is 1. The van der Waals surface area contributed by atoms with E-state index in [-0.39, 0.29) is 5.91 Å². The lowest BCUT2D eigenvalue weighted by Gasteiger charge is -2.25. The highest BCUT2D eigenvalue weighted by Crippen LogP contribution is 2.31. The number of carbonyl (C=O) groups is 1. The molecule has 0 aliphatic heterocycles. The van der Waals surface area contributed by atoms with Gasteiger partial charge in [0.25, 0.3) is 5.91 Å². The molecule has 0 aliphatic rings. The van der Waals surface area contributed by atoms with Crippen LogP contribution in [-0.2, 0) is 11.3 Å². The molecule has 21 heavy (non-hydrogen) atoms. The first-order chi connectivity index (χ1) is 10.0. The molecule has 2 aromatic rings. The highest BCUT2D eigenvalue weighted by molar-refractivity contribution is 9.10. The second kappa shape index (κ2) is 6.72. The summed E-state index contributed by atoms with van der Waals surface area (Å²) in [6, 6.07) is 15.9. The summed E-state index contributed by atoms with van der Waals surface area (Å²) in [7, 11) is 0. The Balaban J connectivity index is 2.44. The third kappa shape index (κ3) is 3.61. The average Bonchev–Trinajstić information content (AvgIpc) is 2.48. The minimum atomic E-state index is -0.0647. The predicted molar refractivity (Wildman–Crippen MR) is 91.3 cm³/mol. The molecule has 0 bridgehead atoms. The highest BCUT2D eigenvalue weighted by atomic mass is 79.9. The smallest absolute Gasteiger partial charge is 0.253 e. The molecule has 0 saturated heterocycles. The summed E-state index contributed by atoms with van der Waals surface area (Å²) >= 11 is 3.59. The van der Waals surface area contributed by atoms with Crippen LogP contribution in [0.25, 0.3) is 0 Å². The first-order valence-corrected chi connectivity index (χ1v) is 7.56. The van der Waals surface area contributed by atoms with Gasteiger partial charge in [-0.3, -0.25) is 4.79 Å². The number of carbonyl (C=O) groups excluding carboxylic acids is 1. The Morgan fingerprint density at radius 3 is 2.43 bits per heavy atom. The molecule has 1 amide bonds. The second-order valence-electron chi connectivity index (χ2n) is 5.07. The van der Waals surface area contributed by atoms with Gasteiger partial charge < -0.3 is 4.90 Å². The average molecular weight is 344 g/mol. The molecule has 2 aromatic carbocycles. The van der Waals surface area contributed by atoms with Crippen LogP contribution in [0.2, 0.25) is 0 Å². The summed E-state index contributed by atoms with van der Waals surface area (Å²) in [5.41, 5.74) is 3.58. The van der Waals surface area contributed by atoms with Gasteiger partial charge in [0.15, 0.2) is 0 Å². The zero-order chi connectivity index (χ0) is 15.4. The number of rotatable bonds is 4. The minimum Gasteiger partial charge on any atom is -0.303 e. The molecule has 2 nitrogen and oxygen atoms in total.